The van der Waals surface area contributed by atoms with Crippen LogP contribution in [0, 0.1) is 0 Å². The maximum atomic E-state index is 5.59. The van der Waals surface area contributed by atoms with Crippen molar-refractivity contribution in [3.8, 4) is 11.3 Å². The van der Waals surface area contributed by atoms with E-state index in [1.165, 1.54) is 24.1 Å². The highest BCUT2D eigenvalue weighted by Gasteiger charge is 2.22. The third kappa shape index (κ3) is 4.96. The second-order valence-corrected chi connectivity index (χ2v) is 10.0. The average Bonchev–Trinajstić information content (AvgIpc) is 3.61. The van der Waals surface area contributed by atoms with Crippen LogP contribution in [0.2, 0.25) is 0 Å². The van der Waals surface area contributed by atoms with Gasteiger partial charge < -0.3 is 19.9 Å². The molecule has 1 atom stereocenters. The lowest BCUT2D eigenvalue weighted by molar-refractivity contribution is 0.0639. The van der Waals surface area contributed by atoms with Gasteiger partial charge in [0.25, 0.3) is 0 Å². The number of anilines is 3. The molecule has 0 spiro atoms. The second-order valence-electron chi connectivity index (χ2n) is 10.0. The smallest absolute Gasteiger partial charge is 0.177 e. The van der Waals surface area contributed by atoms with Crippen molar-refractivity contribution in [3.63, 3.8) is 0 Å². The molecular weight excluding hydrogens is 474 g/mol. The molecule has 4 aromatic rings. The highest BCUT2D eigenvalue weighted by atomic mass is 16.5. The largest absolute Gasteiger partial charge is 0.378 e. The summed E-state index contributed by atoms with van der Waals surface area (Å²) >= 11 is 0. The quantitative estimate of drug-likeness (QED) is 0.347. The highest BCUT2D eigenvalue weighted by molar-refractivity contribution is 5.78. The van der Waals surface area contributed by atoms with Crippen LogP contribution in [0.25, 0.3) is 22.6 Å². The van der Waals surface area contributed by atoms with Crippen LogP contribution in [0.15, 0.2) is 67.0 Å². The fraction of sp³-hybridized carbons (Fsp3) is 0.367. The van der Waals surface area contributed by atoms with Gasteiger partial charge in [-0.2, -0.15) is 5.10 Å². The molecule has 0 radical (unpaired) electrons. The fourth-order valence-electron chi connectivity index (χ4n) is 5.48. The number of rotatable bonds is 7. The molecule has 5 heterocycles. The summed E-state index contributed by atoms with van der Waals surface area (Å²) in [6.45, 7) is 8.85. The first-order valence-corrected chi connectivity index (χ1v) is 13.7. The maximum Gasteiger partial charge on any atom is 0.177 e. The minimum atomic E-state index is 0.515. The number of nitrogens with one attached hydrogen (secondary N) is 1. The van der Waals surface area contributed by atoms with E-state index < -0.39 is 0 Å². The van der Waals surface area contributed by atoms with Gasteiger partial charge in [-0.25, -0.2) is 14.5 Å². The van der Waals surface area contributed by atoms with Gasteiger partial charge in [-0.3, -0.25) is 0 Å². The molecule has 8 heteroatoms. The van der Waals surface area contributed by atoms with E-state index in [4.69, 9.17) is 14.8 Å². The summed E-state index contributed by atoms with van der Waals surface area (Å²) in [5, 5.41) is 8.43. The number of hydrogen-bond donors (Lipinski definition) is 1. The van der Waals surface area contributed by atoms with Gasteiger partial charge in [0.2, 0.25) is 0 Å². The van der Waals surface area contributed by atoms with Gasteiger partial charge >= 0.3 is 0 Å². The molecule has 1 aromatic carbocycles. The zero-order valence-electron chi connectivity index (χ0n) is 22.2. The predicted molar refractivity (Wildman–Crippen MR) is 153 cm³/mol. The topological polar surface area (TPSA) is 70.8 Å². The number of allylic oxidation sites excluding steroid dienone is 1. The Morgan fingerprint density at radius 3 is 2.79 bits per heavy atom. The Hall–Kier alpha value is -3.91. The molecule has 2 aliphatic rings. The summed E-state index contributed by atoms with van der Waals surface area (Å²) in [5.74, 6) is 1.82. The summed E-state index contributed by atoms with van der Waals surface area (Å²) in [7, 11) is 0. The molecule has 8 nitrogen and oxygen atoms in total. The van der Waals surface area contributed by atoms with Gasteiger partial charge in [-0.15, -0.1) is 0 Å². The molecular formula is C30H35N7O. The van der Waals surface area contributed by atoms with E-state index in [1.54, 1.807) is 6.20 Å². The lowest BCUT2D eigenvalue weighted by atomic mass is 10.0. The lowest BCUT2D eigenvalue weighted by Crippen LogP contribution is -2.35. The molecule has 3 aromatic heterocycles. The zero-order valence-corrected chi connectivity index (χ0v) is 22.2. The van der Waals surface area contributed by atoms with Gasteiger partial charge in [-0.05, 0) is 56.0 Å². The van der Waals surface area contributed by atoms with Gasteiger partial charge in [-0.1, -0.05) is 37.3 Å². The predicted octanol–water partition coefficient (Wildman–Crippen LogP) is 5.61. The Labute approximate surface area is 224 Å². The van der Waals surface area contributed by atoms with Crippen molar-refractivity contribution in [1.82, 2.24) is 24.5 Å². The Morgan fingerprint density at radius 1 is 1.11 bits per heavy atom. The van der Waals surface area contributed by atoms with Crippen LogP contribution in [0.3, 0.4) is 0 Å². The van der Waals surface area contributed by atoms with Crippen molar-refractivity contribution in [2.75, 3.05) is 43.1 Å². The number of pyridine rings is 1. The van der Waals surface area contributed by atoms with Gasteiger partial charge in [0, 0.05) is 49.3 Å². The van der Waals surface area contributed by atoms with E-state index in [0.29, 0.717) is 6.04 Å². The third-order valence-corrected chi connectivity index (χ3v) is 7.41. The minimum Gasteiger partial charge on any atom is -0.378 e. The second kappa shape index (κ2) is 10.8. The van der Waals surface area contributed by atoms with E-state index in [9.17, 15) is 0 Å². The molecule has 0 amide bonds. The van der Waals surface area contributed by atoms with Gasteiger partial charge in [0.1, 0.15) is 11.6 Å². The summed E-state index contributed by atoms with van der Waals surface area (Å²) < 4.78 is 7.43. The van der Waals surface area contributed by atoms with E-state index in [2.05, 4.69) is 82.5 Å². The molecule has 0 bridgehead atoms. The van der Waals surface area contributed by atoms with Crippen molar-refractivity contribution >= 4 is 28.7 Å². The van der Waals surface area contributed by atoms with E-state index in [0.717, 1.165) is 73.5 Å². The Kier molecular flexibility index (Phi) is 6.96. The molecule has 6 rings (SSSR count). The minimum absolute atomic E-state index is 0.515. The zero-order chi connectivity index (χ0) is 25.9. The number of ether oxygens (including phenoxy) is 1. The maximum absolute atomic E-state index is 5.59. The number of imidazole rings is 1. The number of benzene rings is 1. The first kappa shape index (κ1) is 24.4. The van der Waals surface area contributed by atoms with E-state index >= 15 is 0 Å². The van der Waals surface area contributed by atoms with Gasteiger partial charge in [0.15, 0.2) is 5.65 Å². The highest BCUT2D eigenvalue weighted by Crippen LogP contribution is 2.30. The van der Waals surface area contributed by atoms with E-state index in [1.807, 2.05) is 16.8 Å². The van der Waals surface area contributed by atoms with E-state index in [-0.39, 0.29) is 0 Å². The van der Waals surface area contributed by atoms with Crippen LogP contribution >= 0.6 is 0 Å². The first-order valence-electron chi connectivity index (χ1n) is 13.7. The normalized spacial score (nSPS) is 18.4. The molecule has 2 fully saturated rings. The third-order valence-electron chi connectivity index (χ3n) is 7.41. The van der Waals surface area contributed by atoms with Crippen LogP contribution in [0.4, 0.5) is 17.3 Å². The van der Waals surface area contributed by atoms with Crippen LogP contribution in [0.1, 0.15) is 38.7 Å². The number of aromatic nitrogens is 4. The number of nitrogens with zero attached hydrogens (tertiary/aromatic N) is 6. The SMILES string of the molecule is CC/C=C(\c1cccc(-c2cc(Nc3cccc(N4CCCC4C)n3)c3nccn3n2)c1)N1CCOCC1. The lowest BCUT2D eigenvalue weighted by Gasteiger charge is -2.31. The van der Waals surface area contributed by atoms with Crippen LogP contribution in [-0.2, 0) is 4.74 Å². The number of morpholine rings is 1. The molecule has 38 heavy (non-hydrogen) atoms. The van der Waals surface area contributed by atoms with Crippen molar-refractivity contribution < 1.29 is 4.74 Å². The Morgan fingerprint density at radius 2 is 1.97 bits per heavy atom. The summed E-state index contributed by atoms with van der Waals surface area (Å²) in [6.07, 6.45) is 9.38. The molecule has 2 saturated heterocycles. The summed E-state index contributed by atoms with van der Waals surface area (Å²) in [5.41, 5.74) is 6.04. The number of hydrogen-bond acceptors (Lipinski definition) is 7. The Bertz CT molecular complexity index is 1440. The summed E-state index contributed by atoms with van der Waals surface area (Å²) in [4.78, 5) is 14.3. The first-order chi connectivity index (χ1) is 18.7. The standard InChI is InChI=1S/C30H35N7O/c1-3-7-27(35-16-18-38-19-17-35)24-10-4-9-23(20-24)25-21-26(30-31-13-15-37(30)34-25)32-28-11-5-12-29(33-28)36-14-6-8-22(36)2/h4-5,7,9-13,15,20-22H,3,6,8,14,16-19H2,1-2H3,(H,32,33)/b27-7+. The molecule has 196 valence electrons. The van der Waals surface area contributed by atoms with Gasteiger partial charge in [0.05, 0.1) is 24.6 Å². The fourth-order valence-corrected chi connectivity index (χ4v) is 5.48. The van der Waals surface area contributed by atoms with Crippen molar-refractivity contribution in [3.05, 3.63) is 72.6 Å². The van der Waals surface area contributed by atoms with Crippen molar-refractivity contribution in [2.45, 2.75) is 39.2 Å². The monoisotopic (exact) mass is 509 g/mol. The molecule has 2 aliphatic heterocycles. The average molecular weight is 510 g/mol. The molecule has 0 saturated carbocycles. The van der Waals surface area contributed by atoms with Crippen LogP contribution in [-0.4, -0.2) is 63.4 Å². The molecule has 0 aliphatic carbocycles. The Balaban J connectivity index is 1.34. The van der Waals surface area contributed by atoms with Crippen LogP contribution in [0.5, 0.6) is 0 Å². The summed E-state index contributed by atoms with van der Waals surface area (Å²) in [6, 6.07) is 17.4. The molecule has 1 unspecified atom stereocenters. The van der Waals surface area contributed by atoms with Crippen molar-refractivity contribution in [2.24, 2.45) is 0 Å². The molecule has 1 N–H and O–H groups in total. The number of fused-ring (bicyclic) bond motifs is 1. The van der Waals surface area contributed by atoms with Crippen LogP contribution < -0.4 is 10.2 Å². The van der Waals surface area contributed by atoms with Crippen molar-refractivity contribution in [1.29, 1.82) is 0 Å².